The van der Waals surface area contributed by atoms with E-state index < -0.39 is 28.6 Å². The van der Waals surface area contributed by atoms with Gasteiger partial charge in [0.2, 0.25) is 10.5 Å². The molecule has 2 aromatic carbocycles. The van der Waals surface area contributed by atoms with Crippen LogP contribution in [-0.4, -0.2) is 70.1 Å². The number of carboxylic acid groups (broad SMARTS) is 1. The number of benzene rings is 2. The third kappa shape index (κ3) is 5.08. The number of aryl methyl sites for hydroxylation is 1. The molecule has 0 saturated carbocycles. The van der Waals surface area contributed by atoms with E-state index in [0.29, 0.717) is 73.6 Å². The van der Waals surface area contributed by atoms with Gasteiger partial charge in [-0.3, -0.25) is 9.59 Å². The number of aromatic nitrogens is 1. The summed E-state index contributed by atoms with van der Waals surface area (Å²) in [6, 6.07) is 7.42. The van der Waals surface area contributed by atoms with Crippen LogP contribution in [0.15, 0.2) is 46.3 Å². The van der Waals surface area contributed by atoms with Crippen LogP contribution in [-0.2, 0) is 11.3 Å². The van der Waals surface area contributed by atoms with Gasteiger partial charge in [0.25, 0.3) is 0 Å². The second-order valence-electron chi connectivity index (χ2n) is 9.28. The molecule has 0 aliphatic carbocycles. The van der Waals surface area contributed by atoms with Crippen LogP contribution in [0.4, 0.5) is 25.8 Å². The van der Waals surface area contributed by atoms with Crippen LogP contribution in [0, 0.1) is 11.6 Å². The zero-order chi connectivity index (χ0) is 27.8. The summed E-state index contributed by atoms with van der Waals surface area (Å²) in [5.41, 5.74) is 0.489. The maximum absolute atomic E-state index is 15.2. The summed E-state index contributed by atoms with van der Waals surface area (Å²) in [6.45, 7) is 6.79. The smallest absolute Gasteiger partial charge is 0.341 e. The minimum atomic E-state index is -1.35. The third-order valence-electron chi connectivity index (χ3n) is 7.01. The predicted molar refractivity (Wildman–Crippen MR) is 149 cm³/mol. The van der Waals surface area contributed by atoms with Gasteiger partial charge in [0.1, 0.15) is 17.2 Å². The van der Waals surface area contributed by atoms with Gasteiger partial charge in [-0.15, -0.1) is 0 Å². The third-order valence-corrected chi connectivity index (χ3v) is 7.90. The molecule has 2 fully saturated rings. The summed E-state index contributed by atoms with van der Waals surface area (Å²) in [5.74, 6) is -2.40. The molecule has 9 nitrogen and oxygen atoms in total. The second kappa shape index (κ2) is 10.7. The number of nitrogens with zero attached hydrogens (tertiary/aromatic N) is 5. The first-order valence-corrected chi connectivity index (χ1v) is 13.5. The van der Waals surface area contributed by atoms with Crippen molar-refractivity contribution in [2.24, 2.45) is 4.99 Å². The molecule has 39 heavy (non-hydrogen) atoms. The molecule has 12 heteroatoms. The summed E-state index contributed by atoms with van der Waals surface area (Å²) in [4.78, 5) is 45.9. The molecule has 2 saturated heterocycles. The summed E-state index contributed by atoms with van der Waals surface area (Å²) < 4.78 is 31.9. The average molecular weight is 556 g/mol. The van der Waals surface area contributed by atoms with Crippen molar-refractivity contribution < 1.29 is 23.5 Å². The van der Waals surface area contributed by atoms with Gasteiger partial charge in [0.05, 0.1) is 29.1 Å². The summed E-state index contributed by atoms with van der Waals surface area (Å²) in [6.07, 6.45) is 1.28. The number of fused-ring (bicyclic) bond motifs is 1. The van der Waals surface area contributed by atoms with Gasteiger partial charge in [-0.2, -0.15) is 0 Å². The van der Waals surface area contributed by atoms with Crippen molar-refractivity contribution in [2.75, 3.05) is 49.1 Å². The number of carboxylic acids is 1. The number of likely N-dealkylation sites (N-methyl/N-ethyl adjacent to an activating group) is 1. The Morgan fingerprint density at radius 1 is 0.974 bits per heavy atom. The molecule has 2 aliphatic rings. The van der Waals surface area contributed by atoms with Crippen LogP contribution in [0.3, 0.4) is 0 Å². The minimum Gasteiger partial charge on any atom is -0.477 e. The molecule has 0 bridgehead atoms. The van der Waals surface area contributed by atoms with E-state index in [1.54, 1.807) is 22.8 Å². The van der Waals surface area contributed by atoms with E-state index in [1.807, 2.05) is 28.5 Å². The summed E-state index contributed by atoms with van der Waals surface area (Å²) in [7, 11) is 0. The number of aliphatic imine (C=N–C) groups is 1. The van der Waals surface area contributed by atoms with Gasteiger partial charge in [-0.05, 0) is 49.9 Å². The van der Waals surface area contributed by atoms with Gasteiger partial charge in [-0.25, -0.2) is 18.6 Å². The van der Waals surface area contributed by atoms with E-state index in [1.165, 1.54) is 12.3 Å². The summed E-state index contributed by atoms with van der Waals surface area (Å²) >= 11 is 1.06. The number of carbonyl (C=O) groups is 2. The highest BCUT2D eigenvalue weighted by molar-refractivity contribution is 8.26. The van der Waals surface area contributed by atoms with Crippen LogP contribution in [0.25, 0.3) is 10.9 Å². The number of pyridine rings is 1. The van der Waals surface area contributed by atoms with Gasteiger partial charge in [0, 0.05) is 56.9 Å². The number of amidine groups is 1. The fourth-order valence-corrected chi connectivity index (χ4v) is 5.84. The number of halogens is 2. The quantitative estimate of drug-likeness (QED) is 0.489. The molecule has 3 aromatic rings. The standard InChI is InChI=1S/C27H27F2N5O4S/c1-3-31-14-18(26(37)38)25(36)17-12-20(29)23(13-22(17)31)34-9-7-33(8-10-34)21-6-5-16(11-19(21)28)30-27-32(4-2)15-24(35)39-27/h5-6,11-14H,3-4,7-10,15H2,1-2H3,(H,37,38). The minimum absolute atomic E-state index is 0.0106. The van der Waals surface area contributed by atoms with Gasteiger partial charge in [-0.1, -0.05) is 0 Å². The largest absolute Gasteiger partial charge is 0.477 e. The number of piperazine rings is 1. The molecule has 1 aromatic heterocycles. The van der Waals surface area contributed by atoms with E-state index in [-0.39, 0.29) is 10.5 Å². The molecule has 1 N–H and O–H groups in total. The fourth-order valence-electron chi connectivity index (χ4n) is 4.94. The Labute approximate surface area is 227 Å². The van der Waals surface area contributed by atoms with Gasteiger partial charge in [0.15, 0.2) is 5.17 Å². The Balaban J connectivity index is 1.35. The topological polar surface area (TPSA) is 98.5 Å². The van der Waals surface area contributed by atoms with Crippen LogP contribution in [0.2, 0.25) is 0 Å². The molecule has 3 heterocycles. The average Bonchev–Trinajstić information content (AvgIpc) is 3.27. The molecule has 204 valence electrons. The number of hydrogen-bond acceptors (Lipinski definition) is 7. The van der Waals surface area contributed by atoms with Crippen molar-refractivity contribution in [1.29, 1.82) is 0 Å². The molecule has 0 unspecified atom stereocenters. The highest BCUT2D eigenvalue weighted by Gasteiger charge is 2.26. The molecule has 0 atom stereocenters. The Morgan fingerprint density at radius 3 is 2.26 bits per heavy atom. The Bertz CT molecular complexity index is 1570. The Kier molecular flexibility index (Phi) is 7.30. The number of thioether (sulfide) groups is 1. The van der Waals surface area contributed by atoms with E-state index >= 15 is 8.78 Å². The second-order valence-corrected chi connectivity index (χ2v) is 10.3. The highest BCUT2D eigenvalue weighted by Crippen LogP contribution is 2.31. The molecular formula is C27H27F2N5O4S. The van der Waals surface area contributed by atoms with Crippen molar-refractivity contribution in [2.45, 2.75) is 20.4 Å². The first kappa shape index (κ1) is 26.7. The zero-order valence-corrected chi connectivity index (χ0v) is 22.3. The van der Waals surface area contributed by atoms with E-state index in [9.17, 15) is 19.5 Å². The normalized spacial score (nSPS) is 17.1. The number of aromatic carboxylic acids is 1. The zero-order valence-electron chi connectivity index (χ0n) is 21.5. The summed E-state index contributed by atoms with van der Waals surface area (Å²) in [5, 5.41) is 9.94. The van der Waals surface area contributed by atoms with Crippen molar-refractivity contribution in [3.05, 3.63) is 63.9 Å². The fraction of sp³-hybridized carbons (Fsp3) is 0.333. The van der Waals surface area contributed by atoms with Crippen molar-refractivity contribution in [3.63, 3.8) is 0 Å². The van der Waals surface area contributed by atoms with Crippen molar-refractivity contribution >= 4 is 56.0 Å². The number of hydrogen-bond donors (Lipinski definition) is 1. The maximum Gasteiger partial charge on any atom is 0.341 e. The predicted octanol–water partition coefficient (Wildman–Crippen LogP) is 3.91. The van der Waals surface area contributed by atoms with Crippen LogP contribution < -0.4 is 15.2 Å². The maximum atomic E-state index is 15.2. The molecule has 5 rings (SSSR count). The molecule has 0 radical (unpaired) electrons. The van der Waals surface area contributed by atoms with E-state index in [0.717, 1.165) is 17.8 Å². The molecule has 2 aliphatic heterocycles. The first-order chi connectivity index (χ1) is 18.7. The molecule has 0 amide bonds. The first-order valence-electron chi connectivity index (χ1n) is 12.6. The van der Waals surface area contributed by atoms with Gasteiger partial charge < -0.3 is 24.4 Å². The SMILES string of the molecule is CCN1CC(=O)SC1=Nc1ccc(N2CCN(c3cc4c(cc3F)c(=O)c(C(=O)O)cn4CC)CC2)c(F)c1. The van der Waals surface area contributed by atoms with E-state index in [4.69, 9.17) is 0 Å². The van der Waals surface area contributed by atoms with Crippen LogP contribution in [0.1, 0.15) is 24.2 Å². The van der Waals surface area contributed by atoms with Crippen molar-refractivity contribution in [1.82, 2.24) is 9.47 Å². The van der Waals surface area contributed by atoms with Crippen LogP contribution >= 0.6 is 11.8 Å². The highest BCUT2D eigenvalue weighted by atomic mass is 32.2. The monoisotopic (exact) mass is 555 g/mol. The molecule has 0 spiro atoms. The van der Waals surface area contributed by atoms with Gasteiger partial charge >= 0.3 is 5.97 Å². The Morgan fingerprint density at radius 2 is 1.64 bits per heavy atom. The van der Waals surface area contributed by atoms with E-state index in [2.05, 4.69) is 4.99 Å². The number of rotatable bonds is 6. The van der Waals surface area contributed by atoms with Crippen LogP contribution in [0.5, 0.6) is 0 Å². The lowest BCUT2D eigenvalue weighted by Crippen LogP contribution is -2.47. The lowest BCUT2D eigenvalue weighted by Gasteiger charge is -2.37. The number of carbonyl (C=O) groups excluding carboxylic acids is 1. The number of anilines is 2. The lowest BCUT2D eigenvalue weighted by molar-refractivity contribution is -0.110. The lowest BCUT2D eigenvalue weighted by atomic mass is 10.1. The molecular weight excluding hydrogens is 528 g/mol. The van der Waals surface area contributed by atoms with Crippen molar-refractivity contribution in [3.8, 4) is 0 Å². The Hall–Kier alpha value is -3.93.